The molecule has 1 aliphatic heterocycles. The summed E-state index contributed by atoms with van der Waals surface area (Å²) >= 11 is 0. The Morgan fingerprint density at radius 3 is 2.95 bits per heavy atom. The van der Waals surface area contributed by atoms with Crippen LogP contribution in [-0.2, 0) is 4.74 Å². The number of nitrogens with zero attached hydrogens (tertiary/aromatic N) is 1. The van der Waals surface area contributed by atoms with Crippen molar-refractivity contribution in [2.45, 2.75) is 25.8 Å². The summed E-state index contributed by atoms with van der Waals surface area (Å²) < 4.78 is 19.6. The van der Waals surface area contributed by atoms with E-state index in [0.29, 0.717) is 5.92 Å². The van der Waals surface area contributed by atoms with Crippen molar-refractivity contribution in [1.29, 1.82) is 0 Å². The molecule has 0 saturated carbocycles. The Morgan fingerprint density at radius 1 is 1.50 bits per heavy atom. The SMILES string of the molecule is CNC(C)c1ccc(N2CCCC(COC)C2)c(F)c1. The highest BCUT2D eigenvalue weighted by Gasteiger charge is 2.22. The van der Waals surface area contributed by atoms with E-state index in [9.17, 15) is 4.39 Å². The Bertz CT molecular complexity index is 436. The average molecular weight is 280 g/mol. The minimum absolute atomic E-state index is 0.123. The van der Waals surface area contributed by atoms with E-state index in [1.165, 1.54) is 6.42 Å². The van der Waals surface area contributed by atoms with E-state index < -0.39 is 0 Å². The summed E-state index contributed by atoms with van der Waals surface area (Å²) in [5.74, 6) is 0.381. The molecule has 1 aromatic rings. The van der Waals surface area contributed by atoms with Crippen molar-refractivity contribution < 1.29 is 9.13 Å². The molecule has 20 heavy (non-hydrogen) atoms. The Hall–Kier alpha value is -1.13. The lowest BCUT2D eigenvalue weighted by atomic mass is 9.98. The molecule has 0 spiro atoms. The van der Waals surface area contributed by atoms with Gasteiger partial charge >= 0.3 is 0 Å². The second-order valence-electron chi connectivity index (χ2n) is 5.63. The van der Waals surface area contributed by atoms with E-state index in [2.05, 4.69) is 10.2 Å². The minimum atomic E-state index is -0.123. The van der Waals surface area contributed by atoms with E-state index in [-0.39, 0.29) is 11.9 Å². The Balaban J connectivity index is 2.12. The van der Waals surface area contributed by atoms with Crippen molar-refractivity contribution in [2.75, 3.05) is 38.8 Å². The number of rotatable bonds is 5. The maximum Gasteiger partial charge on any atom is 0.146 e. The molecular formula is C16H25FN2O. The standard InChI is InChI=1S/C16H25FN2O/c1-12(18-2)14-6-7-16(15(17)9-14)19-8-4-5-13(10-19)11-20-3/h6-7,9,12-13,18H,4-5,8,10-11H2,1-3H3. The molecule has 2 atom stereocenters. The minimum Gasteiger partial charge on any atom is -0.384 e. The average Bonchev–Trinajstić information content (AvgIpc) is 2.47. The number of ether oxygens (including phenoxy) is 1. The van der Waals surface area contributed by atoms with Crippen LogP contribution in [-0.4, -0.2) is 33.9 Å². The zero-order valence-corrected chi connectivity index (χ0v) is 12.7. The van der Waals surface area contributed by atoms with E-state index in [1.807, 2.05) is 26.1 Å². The third-order valence-corrected chi connectivity index (χ3v) is 4.17. The van der Waals surface area contributed by atoms with Gasteiger partial charge in [0.05, 0.1) is 12.3 Å². The van der Waals surface area contributed by atoms with Gasteiger partial charge in [-0.15, -0.1) is 0 Å². The fourth-order valence-corrected chi connectivity index (χ4v) is 2.87. The van der Waals surface area contributed by atoms with Gasteiger partial charge < -0.3 is 15.0 Å². The Morgan fingerprint density at radius 2 is 2.30 bits per heavy atom. The summed E-state index contributed by atoms with van der Waals surface area (Å²) in [6, 6.07) is 5.74. The Kier molecular flexibility index (Phi) is 5.38. The van der Waals surface area contributed by atoms with Crippen LogP contribution in [0.4, 0.5) is 10.1 Å². The maximum atomic E-state index is 14.3. The molecule has 0 amide bonds. The number of piperidine rings is 1. The van der Waals surface area contributed by atoms with E-state index in [1.54, 1.807) is 13.2 Å². The summed E-state index contributed by atoms with van der Waals surface area (Å²) in [4.78, 5) is 2.15. The fourth-order valence-electron chi connectivity index (χ4n) is 2.87. The van der Waals surface area contributed by atoms with Crippen LogP contribution in [0.5, 0.6) is 0 Å². The Labute approximate surface area is 121 Å². The van der Waals surface area contributed by atoms with Gasteiger partial charge in [-0.25, -0.2) is 4.39 Å². The summed E-state index contributed by atoms with van der Waals surface area (Å²) in [6.07, 6.45) is 2.27. The van der Waals surface area contributed by atoms with Gasteiger partial charge in [-0.2, -0.15) is 0 Å². The quantitative estimate of drug-likeness (QED) is 0.897. The predicted molar refractivity (Wildman–Crippen MR) is 80.7 cm³/mol. The second-order valence-corrected chi connectivity index (χ2v) is 5.63. The molecule has 0 aliphatic carbocycles. The van der Waals surface area contributed by atoms with Gasteiger partial charge in [0.1, 0.15) is 5.82 Å². The van der Waals surface area contributed by atoms with Crippen LogP contribution in [0.1, 0.15) is 31.4 Å². The number of methoxy groups -OCH3 is 1. The van der Waals surface area contributed by atoms with Crippen molar-refractivity contribution in [3.63, 3.8) is 0 Å². The highest BCUT2D eigenvalue weighted by molar-refractivity contribution is 5.50. The summed E-state index contributed by atoms with van der Waals surface area (Å²) in [5.41, 5.74) is 1.71. The first kappa shape index (κ1) is 15.3. The largest absolute Gasteiger partial charge is 0.384 e. The number of hydrogen-bond acceptors (Lipinski definition) is 3. The number of benzene rings is 1. The van der Waals surface area contributed by atoms with Crippen molar-refractivity contribution >= 4 is 5.69 Å². The van der Waals surface area contributed by atoms with E-state index in [0.717, 1.165) is 37.4 Å². The lowest BCUT2D eigenvalue weighted by Gasteiger charge is -2.34. The lowest BCUT2D eigenvalue weighted by molar-refractivity contribution is 0.143. The molecule has 0 aromatic heterocycles. The third-order valence-electron chi connectivity index (χ3n) is 4.17. The molecule has 112 valence electrons. The molecule has 2 unspecified atom stereocenters. The number of hydrogen-bond donors (Lipinski definition) is 1. The molecule has 1 fully saturated rings. The van der Waals surface area contributed by atoms with E-state index in [4.69, 9.17) is 4.74 Å². The third kappa shape index (κ3) is 3.49. The molecule has 1 aromatic carbocycles. The van der Waals surface area contributed by atoms with Crippen LogP contribution < -0.4 is 10.2 Å². The van der Waals surface area contributed by atoms with Gasteiger partial charge in [-0.05, 0) is 50.4 Å². The highest BCUT2D eigenvalue weighted by atomic mass is 19.1. The van der Waals surface area contributed by atoms with Gasteiger partial charge in [-0.3, -0.25) is 0 Å². The molecule has 0 bridgehead atoms. The van der Waals surface area contributed by atoms with Crippen LogP contribution in [0, 0.1) is 11.7 Å². The number of halogens is 1. The lowest BCUT2D eigenvalue weighted by Crippen LogP contribution is -2.37. The van der Waals surface area contributed by atoms with Crippen molar-refractivity contribution in [3.05, 3.63) is 29.6 Å². The van der Waals surface area contributed by atoms with Crippen molar-refractivity contribution in [3.8, 4) is 0 Å². The molecule has 1 heterocycles. The topological polar surface area (TPSA) is 24.5 Å². The van der Waals surface area contributed by atoms with Crippen LogP contribution >= 0.6 is 0 Å². The monoisotopic (exact) mass is 280 g/mol. The maximum absolute atomic E-state index is 14.3. The van der Waals surface area contributed by atoms with Crippen LogP contribution in [0.3, 0.4) is 0 Å². The zero-order valence-electron chi connectivity index (χ0n) is 12.7. The fraction of sp³-hybridized carbons (Fsp3) is 0.625. The first-order chi connectivity index (χ1) is 9.65. The van der Waals surface area contributed by atoms with E-state index >= 15 is 0 Å². The van der Waals surface area contributed by atoms with Crippen molar-refractivity contribution in [2.24, 2.45) is 5.92 Å². The second kappa shape index (κ2) is 7.04. The molecule has 0 radical (unpaired) electrons. The van der Waals surface area contributed by atoms with Gasteiger partial charge in [0.15, 0.2) is 0 Å². The van der Waals surface area contributed by atoms with Gasteiger partial charge in [0.2, 0.25) is 0 Å². The first-order valence-electron chi connectivity index (χ1n) is 7.36. The van der Waals surface area contributed by atoms with Gasteiger partial charge in [0.25, 0.3) is 0 Å². The normalized spacial score (nSPS) is 21.0. The highest BCUT2D eigenvalue weighted by Crippen LogP contribution is 2.27. The number of anilines is 1. The summed E-state index contributed by atoms with van der Waals surface area (Å²) in [5, 5.41) is 3.13. The molecule has 2 rings (SSSR count). The zero-order chi connectivity index (χ0) is 14.5. The van der Waals surface area contributed by atoms with Crippen molar-refractivity contribution in [1.82, 2.24) is 5.32 Å². The summed E-state index contributed by atoms with van der Waals surface area (Å²) in [6.45, 7) is 4.60. The van der Waals surface area contributed by atoms with Crippen LogP contribution in [0.15, 0.2) is 18.2 Å². The predicted octanol–water partition coefficient (Wildman–Crippen LogP) is 2.97. The first-order valence-corrected chi connectivity index (χ1v) is 7.36. The van der Waals surface area contributed by atoms with Gasteiger partial charge in [0, 0.05) is 26.2 Å². The molecule has 1 aliphatic rings. The molecule has 1 saturated heterocycles. The molecule has 3 nitrogen and oxygen atoms in total. The number of nitrogens with one attached hydrogen (secondary N) is 1. The molecule has 1 N–H and O–H groups in total. The van der Waals surface area contributed by atoms with Crippen LogP contribution in [0.2, 0.25) is 0 Å². The van der Waals surface area contributed by atoms with Gasteiger partial charge in [-0.1, -0.05) is 6.07 Å². The summed E-state index contributed by atoms with van der Waals surface area (Å²) in [7, 11) is 3.62. The smallest absolute Gasteiger partial charge is 0.146 e. The molecular weight excluding hydrogens is 255 g/mol. The molecule has 4 heteroatoms. The van der Waals surface area contributed by atoms with Crippen LogP contribution in [0.25, 0.3) is 0 Å².